The number of carbonyl (C=O) groups is 2. The Morgan fingerprint density at radius 2 is 0.660 bits per heavy atom. The third-order valence-electron chi connectivity index (χ3n) is 7.33. The predicted octanol–water partition coefficient (Wildman–Crippen LogP) is 10.5. The molecule has 50 heavy (non-hydrogen) atoms. The molecule has 0 aromatic carbocycles. The summed E-state index contributed by atoms with van der Waals surface area (Å²) < 4.78 is 0. The minimum Gasteiger partial charge on any atom is -0.395 e. The van der Waals surface area contributed by atoms with Crippen molar-refractivity contribution in [2.24, 2.45) is 0 Å². The van der Waals surface area contributed by atoms with Gasteiger partial charge in [-0.3, -0.25) is 9.59 Å². The van der Waals surface area contributed by atoms with Crippen molar-refractivity contribution in [1.29, 1.82) is 0 Å². The minimum absolute atomic E-state index is 0.00289. The molecule has 0 aromatic rings. The summed E-state index contributed by atoms with van der Waals surface area (Å²) in [5, 5.41) is 22.5. The van der Waals surface area contributed by atoms with Gasteiger partial charge in [0.25, 0.3) is 0 Å². The van der Waals surface area contributed by atoms with E-state index < -0.39 is 0 Å². The third-order valence-corrected chi connectivity index (χ3v) is 7.33. The van der Waals surface area contributed by atoms with Gasteiger partial charge in [-0.25, -0.2) is 0 Å². The fourth-order valence-corrected chi connectivity index (χ4v) is 4.45. The normalized spacial score (nSPS) is 12.2. The lowest BCUT2D eigenvalue weighted by molar-refractivity contribution is -0.122. The summed E-state index contributed by atoms with van der Waals surface area (Å²) in [7, 11) is 0. The van der Waals surface area contributed by atoms with E-state index in [1.165, 1.54) is 51.4 Å². The first kappa shape index (κ1) is 48.9. The lowest BCUT2D eigenvalue weighted by atomic mass is 10.2. The topological polar surface area (TPSA) is 98.7 Å². The maximum absolute atomic E-state index is 11.3. The SMILES string of the molecule is CCCCC/C=C\C/C=C\C/C=C\C/C=C\CCCC(=O)NCCO.CCCCC/C=C\C/C=C\C/C=C\C/C=C\CCCC(=O)NCCO. The molecule has 0 aromatic heterocycles. The second-order valence-corrected chi connectivity index (χ2v) is 12.1. The molecule has 4 N–H and O–H groups in total. The number of hydrogen-bond donors (Lipinski definition) is 4. The van der Waals surface area contributed by atoms with Crippen molar-refractivity contribution in [3.05, 3.63) is 97.2 Å². The van der Waals surface area contributed by atoms with E-state index in [2.05, 4.69) is 122 Å². The minimum atomic E-state index is 0.00289. The van der Waals surface area contributed by atoms with Gasteiger partial charge in [-0.15, -0.1) is 0 Å². The van der Waals surface area contributed by atoms with Crippen molar-refractivity contribution < 1.29 is 19.8 Å². The molecule has 0 spiro atoms. The van der Waals surface area contributed by atoms with E-state index >= 15 is 0 Å². The highest BCUT2D eigenvalue weighted by molar-refractivity contribution is 5.76. The maximum Gasteiger partial charge on any atom is 0.220 e. The third kappa shape index (κ3) is 46.9. The quantitative estimate of drug-likeness (QED) is 0.0416. The molecule has 0 radical (unpaired) electrons. The van der Waals surface area contributed by atoms with E-state index in [1.807, 2.05) is 0 Å². The van der Waals surface area contributed by atoms with Gasteiger partial charge in [0.15, 0.2) is 0 Å². The van der Waals surface area contributed by atoms with Gasteiger partial charge in [0, 0.05) is 25.9 Å². The van der Waals surface area contributed by atoms with Crippen LogP contribution in [0.2, 0.25) is 0 Å². The Balaban J connectivity index is 0. The van der Waals surface area contributed by atoms with Crippen LogP contribution in [0.3, 0.4) is 0 Å². The molecule has 284 valence electrons. The summed E-state index contributed by atoms with van der Waals surface area (Å²) in [4.78, 5) is 22.6. The van der Waals surface area contributed by atoms with Gasteiger partial charge in [0.05, 0.1) is 13.2 Å². The smallest absolute Gasteiger partial charge is 0.220 e. The van der Waals surface area contributed by atoms with Crippen LogP contribution in [0.15, 0.2) is 97.2 Å². The summed E-state index contributed by atoms with van der Waals surface area (Å²) in [6.07, 6.45) is 56.0. The van der Waals surface area contributed by atoms with Crippen molar-refractivity contribution >= 4 is 11.8 Å². The van der Waals surface area contributed by atoms with E-state index in [-0.39, 0.29) is 25.0 Å². The fourth-order valence-electron chi connectivity index (χ4n) is 4.45. The Bertz CT molecular complexity index is 895. The predicted molar refractivity (Wildman–Crippen MR) is 217 cm³/mol. The van der Waals surface area contributed by atoms with Gasteiger partial charge < -0.3 is 20.8 Å². The van der Waals surface area contributed by atoms with Crippen LogP contribution in [0.5, 0.6) is 0 Å². The van der Waals surface area contributed by atoms with Crippen LogP contribution in [0.1, 0.15) is 142 Å². The summed E-state index contributed by atoms with van der Waals surface area (Å²) in [5.41, 5.74) is 0. The molecule has 0 aliphatic heterocycles. The van der Waals surface area contributed by atoms with Gasteiger partial charge in [-0.1, -0.05) is 137 Å². The van der Waals surface area contributed by atoms with Crippen molar-refractivity contribution in [2.45, 2.75) is 142 Å². The number of nitrogens with one attached hydrogen (secondary N) is 2. The number of rotatable bonds is 32. The molecule has 6 nitrogen and oxygen atoms in total. The highest BCUT2D eigenvalue weighted by Gasteiger charge is 1.98. The largest absolute Gasteiger partial charge is 0.395 e. The van der Waals surface area contributed by atoms with Crippen LogP contribution in [-0.4, -0.2) is 48.3 Å². The van der Waals surface area contributed by atoms with E-state index in [9.17, 15) is 9.59 Å². The van der Waals surface area contributed by atoms with Crippen LogP contribution in [0.25, 0.3) is 0 Å². The number of aliphatic hydroxyl groups excluding tert-OH is 2. The standard InChI is InChI=1S/2C22H37NO2/c2*1-2-3-4-5-6-7-8-9-10-11-12-13-14-15-16-17-18-19-22(25)23-20-21-24/h2*6-7,9-10,12-13,15-16,24H,2-5,8,11,14,17-21H2,1H3,(H,23,25)/b2*7-6-,10-9-,13-12-,16-15-. The molecule has 2 amide bonds. The molecule has 0 saturated heterocycles. The Kier molecular flexibility index (Phi) is 44.8. The fraction of sp³-hybridized carbons (Fsp3) is 0.591. The molecule has 0 rings (SSSR count). The number of allylic oxidation sites excluding steroid dienone is 16. The first-order valence-electron chi connectivity index (χ1n) is 19.6. The highest BCUT2D eigenvalue weighted by Crippen LogP contribution is 2.03. The Hall–Kier alpha value is -3.22. The molecular weight excluding hydrogens is 620 g/mol. The van der Waals surface area contributed by atoms with Crippen LogP contribution < -0.4 is 10.6 Å². The van der Waals surface area contributed by atoms with Gasteiger partial charge in [-0.05, 0) is 89.9 Å². The number of unbranched alkanes of at least 4 members (excludes halogenated alkanes) is 8. The second kappa shape index (κ2) is 45.8. The summed E-state index contributed by atoms with van der Waals surface area (Å²) >= 11 is 0. The monoisotopic (exact) mass is 695 g/mol. The van der Waals surface area contributed by atoms with Gasteiger partial charge in [0.2, 0.25) is 11.8 Å². The number of amides is 2. The van der Waals surface area contributed by atoms with Crippen LogP contribution in [0.4, 0.5) is 0 Å². The molecule has 0 saturated carbocycles. The number of hydrogen-bond acceptors (Lipinski definition) is 4. The first-order valence-corrected chi connectivity index (χ1v) is 19.6. The van der Waals surface area contributed by atoms with Crippen molar-refractivity contribution in [3.63, 3.8) is 0 Å². The Labute approximate surface area is 307 Å². The molecular formula is C44H74N2O4. The molecule has 0 aliphatic carbocycles. The van der Waals surface area contributed by atoms with E-state index in [4.69, 9.17) is 10.2 Å². The molecule has 6 heteroatoms. The lowest BCUT2D eigenvalue weighted by Gasteiger charge is -2.00. The van der Waals surface area contributed by atoms with Crippen molar-refractivity contribution in [3.8, 4) is 0 Å². The van der Waals surface area contributed by atoms with Crippen LogP contribution >= 0.6 is 0 Å². The molecule has 0 unspecified atom stereocenters. The summed E-state index contributed by atoms with van der Waals surface area (Å²) in [5.74, 6) is 0.0369. The lowest BCUT2D eigenvalue weighted by Crippen LogP contribution is -2.25. The van der Waals surface area contributed by atoms with E-state index in [0.717, 1.165) is 64.2 Å². The zero-order valence-electron chi connectivity index (χ0n) is 31.9. The molecule has 0 bridgehead atoms. The summed E-state index contributed by atoms with van der Waals surface area (Å²) in [6, 6.07) is 0. The van der Waals surface area contributed by atoms with Crippen LogP contribution in [0, 0.1) is 0 Å². The highest BCUT2D eigenvalue weighted by atomic mass is 16.3. The zero-order valence-corrected chi connectivity index (χ0v) is 31.9. The first-order chi connectivity index (χ1) is 24.6. The summed E-state index contributed by atoms with van der Waals surface area (Å²) in [6.45, 7) is 5.18. The Morgan fingerprint density at radius 3 is 0.920 bits per heavy atom. The van der Waals surface area contributed by atoms with E-state index in [1.54, 1.807) is 0 Å². The number of carbonyl (C=O) groups excluding carboxylic acids is 2. The Morgan fingerprint density at radius 1 is 0.400 bits per heavy atom. The molecule has 0 fully saturated rings. The molecule has 0 atom stereocenters. The van der Waals surface area contributed by atoms with Crippen LogP contribution in [-0.2, 0) is 9.59 Å². The van der Waals surface area contributed by atoms with E-state index in [0.29, 0.717) is 25.9 Å². The van der Waals surface area contributed by atoms with Crippen molar-refractivity contribution in [2.75, 3.05) is 26.3 Å². The van der Waals surface area contributed by atoms with Gasteiger partial charge in [0.1, 0.15) is 0 Å². The molecule has 0 aliphatic rings. The average molecular weight is 695 g/mol. The van der Waals surface area contributed by atoms with Gasteiger partial charge >= 0.3 is 0 Å². The van der Waals surface area contributed by atoms with Crippen molar-refractivity contribution in [1.82, 2.24) is 10.6 Å². The van der Waals surface area contributed by atoms with Gasteiger partial charge in [-0.2, -0.15) is 0 Å². The molecule has 0 heterocycles. The zero-order chi connectivity index (χ0) is 36.9. The number of aliphatic hydroxyl groups is 2. The maximum atomic E-state index is 11.3. The average Bonchev–Trinajstić information content (AvgIpc) is 3.12. The second-order valence-electron chi connectivity index (χ2n) is 12.1.